The lowest BCUT2D eigenvalue weighted by molar-refractivity contribution is -0.137. The molecule has 3 aromatic rings. The first-order valence-electron chi connectivity index (χ1n) is 7.47. The van der Waals surface area contributed by atoms with Crippen LogP contribution in [0.3, 0.4) is 0 Å². The molecule has 0 aliphatic heterocycles. The van der Waals surface area contributed by atoms with Crippen molar-refractivity contribution in [3.63, 3.8) is 0 Å². The standard InChI is InChI=1S/C16H13N5O4S/c17-15(23)14(22)11(8-9-4-3-7-26-9)19-16(24)13-12(20-25-21-13)10-5-1-2-6-18-10/h1-7,11H,8H2,(H2,17,23)(H,19,24). The van der Waals surface area contributed by atoms with E-state index in [0.717, 1.165) is 4.88 Å². The van der Waals surface area contributed by atoms with Gasteiger partial charge in [0.05, 0.1) is 5.69 Å². The number of carbonyl (C=O) groups is 3. The van der Waals surface area contributed by atoms with Gasteiger partial charge in [0.15, 0.2) is 5.69 Å². The molecule has 9 nitrogen and oxygen atoms in total. The molecule has 0 fully saturated rings. The number of amides is 2. The minimum Gasteiger partial charge on any atom is -0.363 e. The third kappa shape index (κ3) is 3.81. The monoisotopic (exact) mass is 371 g/mol. The highest BCUT2D eigenvalue weighted by molar-refractivity contribution is 7.09. The highest BCUT2D eigenvalue weighted by Crippen LogP contribution is 2.18. The van der Waals surface area contributed by atoms with Gasteiger partial charge >= 0.3 is 0 Å². The maximum Gasteiger partial charge on any atom is 0.287 e. The maximum atomic E-state index is 12.6. The lowest BCUT2D eigenvalue weighted by atomic mass is 10.1. The highest BCUT2D eigenvalue weighted by Gasteiger charge is 2.29. The number of pyridine rings is 1. The normalized spacial score (nSPS) is 11.7. The topological polar surface area (TPSA) is 141 Å². The number of hydrogen-bond donors (Lipinski definition) is 2. The van der Waals surface area contributed by atoms with Gasteiger partial charge in [-0.3, -0.25) is 19.4 Å². The van der Waals surface area contributed by atoms with Crippen LogP contribution < -0.4 is 11.1 Å². The minimum absolute atomic E-state index is 0.129. The molecule has 0 spiro atoms. The van der Waals surface area contributed by atoms with Gasteiger partial charge in [-0.25, -0.2) is 4.63 Å². The van der Waals surface area contributed by atoms with E-state index in [0.29, 0.717) is 5.69 Å². The summed E-state index contributed by atoms with van der Waals surface area (Å²) in [4.78, 5) is 40.8. The number of Topliss-reactive ketones (excluding diaryl/α,β-unsaturated/α-hetero) is 1. The van der Waals surface area contributed by atoms with Gasteiger partial charge in [0.1, 0.15) is 6.04 Å². The fourth-order valence-electron chi connectivity index (χ4n) is 2.25. The van der Waals surface area contributed by atoms with Crippen LogP contribution in [0.25, 0.3) is 11.4 Å². The number of nitrogens with one attached hydrogen (secondary N) is 1. The number of primary amides is 1. The molecule has 3 aromatic heterocycles. The van der Waals surface area contributed by atoms with E-state index in [9.17, 15) is 14.4 Å². The van der Waals surface area contributed by atoms with Crippen LogP contribution in [0.2, 0.25) is 0 Å². The second kappa shape index (κ2) is 7.66. The first-order chi connectivity index (χ1) is 12.6. The Bertz CT molecular complexity index is 923. The van der Waals surface area contributed by atoms with Gasteiger partial charge in [-0.05, 0) is 33.9 Å². The molecule has 0 saturated carbocycles. The van der Waals surface area contributed by atoms with Gasteiger partial charge < -0.3 is 11.1 Å². The summed E-state index contributed by atoms with van der Waals surface area (Å²) >= 11 is 1.39. The van der Waals surface area contributed by atoms with Crippen molar-refractivity contribution < 1.29 is 19.0 Å². The molecule has 0 radical (unpaired) electrons. The zero-order valence-electron chi connectivity index (χ0n) is 13.3. The molecule has 3 heterocycles. The molecule has 10 heteroatoms. The lowest BCUT2D eigenvalue weighted by Gasteiger charge is -2.14. The minimum atomic E-state index is -1.13. The van der Waals surface area contributed by atoms with Crippen LogP contribution in [-0.4, -0.2) is 38.9 Å². The predicted octanol–water partition coefficient (Wildman–Crippen LogP) is 0.589. The highest BCUT2D eigenvalue weighted by atomic mass is 32.1. The molecule has 1 unspecified atom stereocenters. The second-order valence-electron chi connectivity index (χ2n) is 5.21. The number of ketones is 1. The molecule has 0 aromatic carbocycles. The van der Waals surface area contributed by atoms with E-state index in [1.54, 1.807) is 30.3 Å². The van der Waals surface area contributed by atoms with Crippen LogP contribution in [0.4, 0.5) is 0 Å². The number of rotatable bonds is 7. The zero-order chi connectivity index (χ0) is 18.5. The van der Waals surface area contributed by atoms with Crippen LogP contribution >= 0.6 is 11.3 Å². The van der Waals surface area contributed by atoms with E-state index in [1.165, 1.54) is 17.5 Å². The number of aromatic nitrogens is 3. The van der Waals surface area contributed by atoms with E-state index in [2.05, 4.69) is 25.2 Å². The molecule has 132 valence electrons. The Hall–Kier alpha value is -3.40. The SMILES string of the molecule is NC(=O)C(=O)C(Cc1cccs1)NC(=O)c1nonc1-c1ccccn1. The van der Waals surface area contributed by atoms with Crippen molar-refractivity contribution in [2.75, 3.05) is 0 Å². The Balaban J connectivity index is 1.83. The number of carbonyl (C=O) groups excluding carboxylic acids is 3. The third-order valence-corrected chi connectivity index (χ3v) is 4.36. The molecular weight excluding hydrogens is 358 g/mol. The van der Waals surface area contributed by atoms with E-state index >= 15 is 0 Å². The van der Waals surface area contributed by atoms with Crippen LogP contribution in [0, 0.1) is 0 Å². The first-order valence-corrected chi connectivity index (χ1v) is 8.35. The lowest BCUT2D eigenvalue weighted by Crippen LogP contribution is -2.47. The van der Waals surface area contributed by atoms with E-state index in [1.807, 2.05) is 5.38 Å². The average Bonchev–Trinajstić information content (AvgIpc) is 3.32. The smallest absolute Gasteiger partial charge is 0.287 e. The van der Waals surface area contributed by atoms with Crippen molar-refractivity contribution >= 4 is 28.9 Å². The van der Waals surface area contributed by atoms with Gasteiger partial charge in [0, 0.05) is 17.5 Å². The summed E-state index contributed by atoms with van der Waals surface area (Å²) in [6, 6.07) is 7.53. The molecule has 0 bridgehead atoms. The number of nitrogens with two attached hydrogens (primary N) is 1. The van der Waals surface area contributed by atoms with E-state index < -0.39 is 23.6 Å². The summed E-state index contributed by atoms with van der Waals surface area (Å²) in [5, 5.41) is 11.6. The molecule has 1 atom stereocenters. The Morgan fingerprint density at radius 2 is 2.04 bits per heavy atom. The largest absolute Gasteiger partial charge is 0.363 e. The molecular formula is C16H13N5O4S. The quantitative estimate of drug-likeness (QED) is 0.579. The van der Waals surface area contributed by atoms with Crippen LogP contribution in [0.15, 0.2) is 46.5 Å². The molecule has 2 amide bonds. The molecule has 0 saturated heterocycles. The Labute approximate surface area is 151 Å². The fraction of sp³-hybridized carbons (Fsp3) is 0.125. The Kier molecular flexibility index (Phi) is 5.13. The summed E-state index contributed by atoms with van der Waals surface area (Å²) in [6.07, 6.45) is 1.66. The van der Waals surface area contributed by atoms with E-state index in [4.69, 9.17) is 5.73 Å². The summed E-state index contributed by atoms with van der Waals surface area (Å²) < 4.78 is 4.64. The van der Waals surface area contributed by atoms with Crippen LogP contribution in [0.1, 0.15) is 15.4 Å². The van der Waals surface area contributed by atoms with Crippen molar-refractivity contribution in [1.29, 1.82) is 0 Å². The van der Waals surface area contributed by atoms with Gasteiger partial charge in [0.25, 0.3) is 11.8 Å². The maximum absolute atomic E-state index is 12.6. The average molecular weight is 371 g/mol. The van der Waals surface area contributed by atoms with Crippen molar-refractivity contribution in [2.45, 2.75) is 12.5 Å². The Morgan fingerprint density at radius 1 is 1.19 bits per heavy atom. The van der Waals surface area contributed by atoms with Gasteiger partial charge in [-0.1, -0.05) is 12.1 Å². The van der Waals surface area contributed by atoms with Crippen molar-refractivity contribution in [2.24, 2.45) is 5.73 Å². The number of nitrogens with zero attached hydrogens (tertiary/aromatic N) is 3. The molecule has 0 aliphatic rings. The van der Waals surface area contributed by atoms with Gasteiger partial charge in [-0.2, -0.15) is 0 Å². The summed E-state index contributed by atoms with van der Waals surface area (Å²) in [7, 11) is 0. The zero-order valence-corrected chi connectivity index (χ0v) is 14.1. The Morgan fingerprint density at radius 3 is 2.69 bits per heavy atom. The van der Waals surface area contributed by atoms with Gasteiger partial charge in [-0.15, -0.1) is 11.3 Å². The first kappa shape index (κ1) is 17.4. The predicted molar refractivity (Wildman–Crippen MR) is 91.0 cm³/mol. The molecule has 3 N–H and O–H groups in total. The summed E-state index contributed by atoms with van der Waals surface area (Å²) in [6.45, 7) is 0. The molecule has 0 aliphatic carbocycles. The molecule has 3 rings (SSSR count). The third-order valence-electron chi connectivity index (χ3n) is 3.46. The molecule has 26 heavy (non-hydrogen) atoms. The summed E-state index contributed by atoms with van der Waals surface area (Å²) in [5.74, 6) is -2.75. The van der Waals surface area contributed by atoms with Crippen LogP contribution in [0.5, 0.6) is 0 Å². The van der Waals surface area contributed by atoms with Crippen molar-refractivity contribution in [1.82, 2.24) is 20.6 Å². The fourth-order valence-corrected chi connectivity index (χ4v) is 3.00. The van der Waals surface area contributed by atoms with Crippen molar-refractivity contribution in [3.05, 3.63) is 52.5 Å². The summed E-state index contributed by atoms with van der Waals surface area (Å²) in [5.41, 5.74) is 5.46. The van der Waals surface area contributed by atoms with E-state index in [-0.39, 0.29) is 17.8 Å². The van der Waals surface area contributed by atoms with Crippen LogP contribution in [-0.2, 0) is 16.0 Å². The van der Waals surface area contributed by atoms with Gasteiger partial charge in [0.2, 0.25) is 11.5 Å². The number of hydrogen-bond acceptors (Lipinski definition) is 8. The van der Waals surface area contributed by atoms with Crippen molar-refractivity contribution in [3.8, 4) is 11.4 Å². The number of thiophene rings is 1. The second-order valence-corrected chi connectivity index (χ2v) is 6.25.